The molecule has 1 heterocycles. The number of amides is 2. The van der Waals surface area contributed by atoms with Crippen LogP contribution in [0.1, 0.15) is 6.42 Å². The fraction of sp³-hybridized carbons (Fsp3) is 0.176. The van der Waals surface area contributed by atoms with Gasteiger partial charge in [-0.3, -0.25) is 9.59 Å². The zero-order chi connectivity index (χ0) is 18.7. The Balaban J connectivity index is 1.58. The first kappa shape index (κ1) is 18.1. The van der Waals surface area contributed by atoms with E-state index in [1.807, 2.05) is 12.1 Å². The van der Waals surface area contributed by atoms with Crippen molar-refractivity contribution in [3.8, 4) is 5.75 Å². The zero-order valence-electron chi connectivity index (χ0n) is 13.2. The average Bonchev–Trinajstić information content (AvgIpc) is 2.56. The minimum Gasteiger partial charge on any atom is -0.406 e. The summed E-state index contributed by atoms with van der Waals surface area (Å²) in [4.78, 5) is 25.1. The van der Waals surface area contributed by atoms with Gasteiger partial charge < -0.3 is 15.4 Å². The van der Waals surface area contributed by atoms with Crippen LogP contribution in [0.4, 0.5) is 24.5 Å². The molecular weight excluding hydrogens is 369 g/mol. The topological polar surface area (TPSA) is 67.4 Å². The lowest BCUT2D eigenvalue weighted by Crippen LogP contribution is -2.32. The van der Waals surface area contributed by atoms with E-state index in [4.69, 9.17) is 0 Å². The van der Waals surface area contributed by atoms with Crippen molar-refractivity contribution in [3.05, 3.63) is 48.5 Å². The summed E-state index contributed by atoms with van der Waals surface area (Å²) in [6.07, 6.45) is -4.84. The molecule has 1 aliphatic rings. The normalized spacial score (nSPS) is 16.4. The van der Waals surface area contributed by atoms with Gasteiger partial charge in [-0.05, 0) is 36.4 Å². The van der Waals surface area contributed by atoms with E-state index in [1.54, 1.807) is 12.1 Å². The van der Waals surface area contributed by atoms with E-state index in [2.05, 4.69) is 15.4 Å². The molecule has 0 saturated carbocycles. The van der Waals surface area contributed by atoms with Crippen molar-refractivity contribution in [2.75, 3.05) is 10.6 Å². The van der Waals surface area contributed by atoms with Crippen molar-refractivity contribution in [3.63, 3.8) is 0 Å². The number of thioether (sulfide) groups is 1. The van der Waals surface area contributed by atoms with Gasteiger partial charge in [0, 0.05) is 17.0 Å². The molecule has 1 unspecified atom stereocenters. The van der Waals surface area contributed by atoms with Crippen molar-refractivity contribution in [1.29, 1.82) is 0 Å². The van der Waals surface area contributed by atoms with Crippen LogP contribution in [-0.2, 0) is 9.59 Å². The molecule has 2 N–H and O–H groups in total. The molecule has 5 nitrogen and oxygen atoms in total. The minimum atomic E-state index is -4.77. The van der Waals surface area contributed by atoms with Crippen molar-refractivity contribution in [2.45, 2.75) is 22.9 Å². The monoisotopic (exact) mass is 382 g/mol. The Morgan fingerprint density at radius 2 is 1.85 bits per heavy atom. The van der Waals surface area contributed by atoms with E-state index in [0.717, 1.165) is 17.0 Å². The Bertz CT molecular complexity index is 825. The van der Waals surface area contributed by atoms with E-state index in [9.17, 15) is 22.8 Å². The van der Waals surface area contributed by atoms with E-state index >= 15 is 0 Å². The first-order chi connectivity index (χ1) is 12.3. The van der Waals surface area contributed by atoms with Crippen molar-refractivity contribution < 1.29 is 27.5 Å². The molecular formula is C17H13F3N2O3S. The Morgan fingerprint density at radius 1 is 1.15 bits per heavy atom. The third-order valence-electron chi connectivity index (χ3n) is 3.45. The van der Waals surface area contributed by atoms with Crippen molar-refractivity contribution in [1.82, 2.24) is 0 Å². The van der Waals surface area contributed by atoms with Crippen LogP contribution in [0, 0.1) is 0 Å². The maximum atomic E-state index is 12.1. The van der Waals surface area contributed by atoms with Crippen molar-refractivity contribution >= 4 is 35.0 Å². The Labute approximate surface area is 150 Å². The standard InChI is InChI=1S/C17H13F3N2O3S/c18-17(19,20)25-11-7-5-10(6-8-11)21-15(23)9-14-16(24)22-12-3-1-2-4-13(12)26-14/h1-8,14H,9H2,(H,21,23)(H,22,24). The molecule has 0 spiro atoms. The molecule has 1 aliphatic heterocycles. The van der Waals surface area contributed by atoms with Gasteiger partial charge in [0.25, 0.3) is 0 Å². The molecule has 2 amide bonds. The summed E-state index contributed by atoms with van der Waals surface area (Å²) in [7, 11) is 0. The van der Waals surface area contributed by atoms with Crippen LogP contribution in [0.15, 0.2) is 53.4 Å². The van der Waals surface area contributed by atoms with Gasteiger partial charge in [-0.1, -0.05) is 12.1 Å². The number of carbonyl (C=O) groups is 2. The first-order valence-electron chi connectivity index (χ1n) is 7.52. The Hall–Kier alpha value is -2.68. The number of fused-ring (bicyclic) bond motifs is 1. The summed E-state index contributed by atoms with van der Waals surface area (Å²) in [6.45, 7) is 0. The number of benzene rings is 2. The second kappa shape index (κ2) is 7.28. The molecule has 2 aromatic rings. The number of rotatable bonds is 4. The summed E-state index contributed by atoms with van der Waals surface area (Å²) in [6, 6.07) is 12.1. The first-order valence-corrected chi connectivity index (χ1v) is 8.40. The van der Waals surface area contributed by atoms with Crippen LogP contribution in [0.5, 0.6) is 5.75 Å². The number of alkyl halides is 3. The zero-order valence-corrected chi connectivity index (χ0v) is 14.0. The molecule has 0 aromatic heterocycles. The van der Waals surface area contributed by atoms with E-state index in [0.29, 0.717) is 11.4 Å². The molecule has 1 atom stereocenters. The summed E-state index contributed by atoms with van der Waals surface area (Å²) in [5, 5.41) is 4.71. The number of hydrogen-bond donors (Lipinski definition) is 2. The van der Waals surface area contributed by atoms with E-state index < -0.39 is 17.5 Å². The molecule has 3 rings (SSSR count). The molecule has 9 heteroatoms. The summed E-state index contributed by atoms with van der Waals surface area (Å²) in [5.74, 6) is -1.06. The van der Waals surface area contributed by atoms with Gasteiger partial charge in [0.1, 0.15) is 5.75 Å². The number of carbonyl (C=O) groups excluding carboxylic acids is 2. The summed E-state index contributed by atoms with van der Waals surface area (Å²) >= 11 is 1.29. The molecule has 0 aliphatic carbocycles. The number of anilines is 2. The second-order valence-corrected chi connectivity index (χ2v) is 6.66. The molecule has 0 bridgehead atoms. The predicted molar refractivity (Wildman–Crippen MR) is 91.1 cm³/mol. The third kappa shape index (κ3) is 4.69. The number of halogens is 3. The molecule has 2 aromatic carbocycles. The van der Waals surface area contributed by atoms with E-state index in [-0.39, 0.29) is 18.1 Å². The smallest absolute Gasteiger partial charge is 0.406 e. The number of nitrogens with one attached hydrogen (secondary N) is 2. The largest absolute Gasteiger partial charge is 0.573 e. The van der Waals surface area contributed by atoms with Gasteiger partial charge in [-0.15, -0.1) is 24.9 Å². The number of ether oxygens (including phenoxy) is 1. The molecule has 0 radical (unpaired) electrons. The van der Waals surface area contributed by atoms with Gasteiger partial charge >= 0.3 is 6.36 Å². The van der Waals surface area contributed by atoms with Crippen LogP contribution in [0.2, 0.25) is 0 Å². The highest BCUT2D eigenvalue weighted by Crippen LogP contribution is 2.36. The number of para-hydroxylation sites is 1. The van der Waals surface area contributed by atoms with Gasteiger partial charge in [0.2, 0.25) is 11.8 Å². The highest BCUT2D eigenvalue weighted by Gasteiger charge is 2.31. The molecule has 0 saturated heterocycles. The molecule has 0 fully saturated rings. The van der Waals surface area contributed by atoms with Crippen LogP contribution in [-0.4, -0.2) is 23.4 Å². The van der Waals surface area contributed by atoms with Crippen LogP contribution in [0.25, 0.3) is 0 Å². The van der Waals surface area contributed by atoms with Crippen LogP contribution < -0.4 is 15.4 Å². The van der Waals surface area contributed by atoms with Gasteiger partial charge in [0.05, 0.1) is 10.9 Å². The third-order valence-corrected chi connectivity index (χ3v) is 4.72. The van der Waals surface area contributed by atoms with Gasteiger partial charge in [0.15, 0.2) is 0 Å². The van der Waals surface area contributed by atoms with Gasteiger partial charge in [-0.2, -0.15) is 0 Å². The molecule has 26 heavy (non-hydrogen) atoms. The highest BCUT2D eigenvalue weighted by atomic mass is 32.2. The Morgan fingerprint density at radius 3 is 2.54 bits per heavy atom. The number of hydrogen-bond acceptors (Lipinski definition) is 4. The lowest BCUT2D eigenvalue weighted by atomic mass is 10.2. The molecule has 136 valence electrons. The van der Waals surface area contributed by atoms with Crippen LogP contribution >= 0.6 is 11.8 Å². The van der Waals surface area contributed by atoms with Crippen molar-refractivity contribution in [2.24, 2.45) is 0 Å². The quantitative estimate of drug-likeness (QED) is 0.838. The predicted octanol–water partition coefficient (Wildman–Crippen LogP) is 4.03. The average molecular weight is 382 g/mol. The Kier molecular flexibility index (Phi) is 5.08. The van der Waals surface area contributed by atoms with Gasteiger partial charge in [-0.25, -0.2) is 0 Å². The SMILES string of the molecule is O=C(CC1Sc2ccccc2NC1=O)Nc1ccc(OC(F)(F)F)cc1. The maximum absolute atomic E-state index is 12.1. The lowest BCUT2D eigenvalue weighted by Gasteiger charge is -2.23. The lowest BCUT2D eigenvalue weighted by molar-refractivity contribution is -0.274. The van der Waals surface area contributed by atoms with E-state index in [1.165, 1.54) is 23.9 Å². The highest BCUT2D eigenvalue weighted by molar-refractivity contribution is 8.01. The fourth-order valence-corrected chi connectivity index (χ4v) is 3.46. The minimum absolute atomic E-state index is 0.0639. The summed E-state index contributed by atoms with van der Waals surface area (Å²) in [5.41, 5.74) is 1.02. The van der Waals surface area contributed by atoms with Crippen LogP contribution in [0.3, 0.4) is 0 Å². The fourth-order valence-electron chi connectivity index (χ4n) is 2.35. The summed E-state index contributed by atoms with van der Waals surface area (Å²) < 4.78 is 40.1. The second-order valence-electron chi connectivity index (χ2n) is 5.42. The maximum Gasteiger partial charge on any atom is 0.573 e.